The highest BCUT2D eigenvalue weighted by molar-refractivity contribution is 6.12. The first kappa shape index (κ1) is 31.4. The van der Waals surface area contributed by atoms with Crippen molar-refractivity contribution >= 4 is 57.1 Å². The highest BCUT2D eigenvalue weighted by Gasteiger charge is 2.22. The predicted molar refractivity (Wildman–Crippen MR) is 174 cm³/mol. The summed E-state index contributed by atoms with van der Waals surface area (Å²) in [6, 6.07) is 15.7. The largest absolute Gasteiger partial charge is 0.382 e. The summed E-state index contributed by atoms with van der Waals surface area (Å²) < 4.78 is 2.23. The molecule has 2 aromatic heterocycles. The van der Waals surface area contributed by atoms with Crippen LogP contribution in [-0.2, 0) is 32.1 Å². The van der Waals surface area contributed by atoms with Crippen LogP contribution in [0.2, 0.25) is 0 Å². The Balaban J connectivity index is 1.10. The van der Waals surface area contributed by atoms with Gasteiger partial charge in [0.05, 0.1) is 11.0 Å². The molecule has 0 fully saturated rings. The number of carbonyl (C=O) groups is 4. The molecule has 4 aromatic rings. The minimum Gasteiger partial charge on any atom is -0.382 e. The number of para-hydroxylation sites is 1. The van der Waals surface area contributed by atoms with E-state index in [9.17, 15) is 19.2 Å². The van der Waals surface area contributed by atoms with Crippen LogP contribution in [0.15, 0.2) is 60.7 Å². The molecule has 11 heteroatoms. The number of imidazole rings is 1. The minimum atomic E-state index is -0.288. The molecule has 4 N–H and O–H groups in total. The zero-order valence-corrected chi connectivity index (χ0v) is 25.6. The van der Waals surface area contributed by atoms with Gasteiger partial charge in [-0.2, -0.15) is 0 Å². The average molecular weight is 610 g/mol. The molecule has 0 atom stereocenters. The van der Waals surface area contributed by atoms with Crippen molar-refractivity contribution in [2.24, 2.45) is 0 Å². The van der Waals surface area contributed by atoms with Crippen LogP contribution in [0.3, 0.4) is 0 Å². The van der Waals surface area contributed by atoms with Crippen LogP contribution < -0.4 is 16.4 Å². The Morgan fingerprint density at radius 3 is 2.38 bits per heavy atom. The summed E-state index contributed by atoms with van der Waals surface area (Å²) in [6.45, 7) is 3.37. The third-order valence-electron chi connectivity index (χ3n) is 7.88. The molecule has 5 rings (SSSR count). The van der Waals surface area contributed by atoms with Gasteiger partial charge in [-0.15, -0.1) is 0 Å². The quantitative estimate of drug-likeness (QED) is 0.133. The number of hydrogen-bond donors (Lipinski definition) is 3. The van der Waals surface area contributed by atoms with E-state index in [2.05, 4.69) is 33.2 Å². The van der Waals surface area contributed by atoms with Gasteiger partial charge in [0.2, 0.25) is 11.8 Å². The normalized spacial score (nSPS) is 12.9. The van der Waals surface area contributed by atoms with E-state index in [1.165, 1.54) is 17.1 Å². The molecule has 0 bridgehead atoms. The van der Waals surface area contributed by atoms with Crippen molar-refractivity contribution in [1.82, 2.24) is 24.8 Å². The van der Waals surface area contributed by atoms with Crippen molar-refractivity contribution in [2.75, 3.05) is 24.1 Å². The number of aryl methyl sites for hydroxylation is 1. The molecular weight excluding hydrogens is 570 g/mol. The van der Waals surface area contributed by atoms with Gasteiger partial charge in [0.25, 0.3) is 11.8 Å². The molecular formula is C34H39N7O4. The van der Waals surface area contributed by atoms with Crippen molar-refractivity contribution in [3.63, 3.8) is 0 Å². The number of unbranched alkanes of at least 4 members (excludes halogenated alkanes) is 3. The first-order chi connectivity index (χ1) is 21.8. The molecule has 3 heterocycles. The number of nitrogens with two attached hydrogens (primary N) is 1. The number of aromatic nitrogens is 3. The maximum absolute atomic E-state index is 12.5. The number of benzene rings is 2. The molecule has 45 heavy (non-hydrogen) atoms. The number of amides is 4. The van der Waals surface area contributed by atoms with Crippen molar-refractivity contribution in [1.29, 1.82) is 0 Å². The second kappa shape index (κ2) is 14.6. The van der Waals surface area contributed by atoms with Gasteiger partial charge < -0.3 is 20.9 Å². The Morgan fingerprint density at radius 1 is 0.867 bits per heavy atom. The van der Waals surface area contributed by atoms with Crippen molar-refractivity contribution in [3.8, 4) is 0 Å². The van der Waals surface area contributed by atoms with Crippen LogP contribution in [0.1, 0.15) is 63.3 Å². The number of nitrogen functional groups attached to an aromatic ring is 1. The molecule has 1 aliphatic heterocycles. The van der Waals surface area contributed by atoms with E-state index in [0.29, 0.717) is 43.9 Å². The Hall–Kier alpha value is -5.06. The van der Waals surface area contributed by atoms with Crippen LogP contribution in [0.25, 0.3) is 21.9 Å². The van der Waals surface area contributed by atoms with Crippen molar-refractivity contribution in [2.45, 2.75) is 64.8 Å². The summed E-state index contributed by atoms with van der Waals surface area (Å²) in [7, 11) is 0. The molecule has 234 valence electrons. The smallest absolute Gasteiger partial charge is 0.253 e. The number of imide groups is 1. The van der Waals surface area contributed by atoms with Gasteiger partial charge in [-0.1, -0.05) is 50.1 Å². The summed E-state index contributed by atoms with van der Waals surface area (Å²) in [5, 5.41) is 6.69. The molecule has 0 radical (unpaired) electrons. The number of hydrogen-bond acceptors (Lipinski definition) is 7. The first-order valence-corrected chi connectivity index (χ1v) is 15.6. The SMILES string of the molecule is CCCCc1nc2c(N)nc3ccccc3c2n1Cc1ccc(NC(=O)CCNC(=O)CCCCCN2C(=O)C=CC2=O)cc1. The lowest BCUT2D eigenvalue weighted by Crippen LogP contribution is -2.31. The zero-order chi connectivity index (χ0) is 31.8. The Labute approximate surface area is 261 Å². The fourth-order valence-corrected chi connectivity index (χ4v) is 5.49. The number of fused-ring (bicyclic) bond motifs is 3. The van der Waals surface area contributed by atoms with Crippen molar-refractivity contribution in [3.05, 3.63) is 72.1 Å². The molecule has 1 aliphatic rings. The maximum Gasteiger partial charge on any atom is 0.253 e. The van der Waals surface area contributed by atoms with Gasteiger partial charge in [-0.05, 0) is 43.0 Å². The predicted octanol–water partition coefficient (Wildman–Crippen LogP) is 4.49. The standard InChI is InChI=1S/C34H39N7O4/c1-2-3-11-27-39-32-33(25-9-6-7-10-26(25)38-34(32)35)41(27)22-23-13-15-24(16-14-23)37-29(43)19-20-36-28(42)12-5-4-8-21-40-30(44)17-18-31(40)45/h6-7,9-10,13-18H,2-5,8,11-12,19-22H2,1H3,(H2,35,38)(H,36,42)(H,37,43). The van der Waals surface area contributed by atoms with Crippen LogP contribution in [-0.4, -0.2) is 56.2 Å². The molecule has 0 spiro atoms. The molecule has 0 saturated heterocycles. The lowest BCUT2D eigenvalue weighted by Gasteiger charge is -2.13. The average Bonchev–Trinajstić information content (AvgIpc) is 3.56. The van der Waals surface area contributed by atoms with E-state index in [1.807, 2.05) is 42.5 Å². The zero-order valence-electron chi connectivity index (χ0n) is 25.6. The number of pyridine rings is 1. The highest BCUT2D eigenvalue weighted by Crippen LogP contribution is 2.30. The van der Waals surface area contributed by atoms with E-state index in [0.717, 1.165) is 59.0 Å². The molecule has 0 unspecified atom stereocenters. The summed E-state index contributed by atoms with van der Waals surface area (Å²) in [5.41, 5.74) is 10.6. The monoisotopic (exact) mass is 609 g/mol. The van der Waals surface area contributed by atoms with Crippen molar-refractivity contribution < 1.29 is 19.2 Å². The van der Waals surface area contributed by atoms with E-state index >= 15 is 0 Å². The third-order valence-corrected chi connectivity index (χ3v) is 7.88. The summed E-state index contributed by atoms with van der Waals surface area (Å²) in [5.74, 6) is 0.515. The number of carbonyl (C=O) groups excluding carboxylic acids is 4. The fourth-order valence-electron chi connectivity index (χ4n) is 5.49. The minimum absolute atomic E-state index is 0.127. The first-order valence-electron chi connectivity index (χ1n) is 15.6. The lowest BCUT2D eigenvalue weighted by molar-refractivity contribution is -0.137. The van der Waals surface area contributed by atoms with Crippen LogP contribution in [0, 0.1) is 0 Å². The van der Waals surface area contributed by atoms with Crippen LogP contribution >= 0.6 is 0 Å². The fraction of sp³-hybridized carbons (Fsp3) is 0.353. The Bertz CT molecular complexity index is 1730. The van der Waals surface area contributed by atoms with Gasteiger partial charge in [0.15, 0.2) is 5.82 Å². The molecule has 2 aromatic carbocycles. The lowest BCUT2D eigenvalue weighted by atomic mass is 10.1. The second-order valence-electron chi connectivity index (χ2n) is 11.2. The van der Waals surface area contributed by atoms with Crippen LogP contribution in [0.4, 0.5) is 11.5 Å². The number of nitrogens with zero attached hydrogens (tertiary/aromatic N) is 4. The highest BCUT2D eigenvalue weighted by atomic mass is 16.2. The second-order valence-corrected chi connectivity index (χ2v) is 11.2. The van der Waals surface area contributed by atoms with Gasteiger partial charge in [0.1, 0.15) is 11.3 Å². The number of nitrogens with one attached hydrogen (secondary N) is 2. The topological polar surface area (TPSA) is 152 Å². The van der Waals surface area contributed by atoms with Gasteiger partial charge in [-0.3, -0.25) is 24.1 Å². The number of anilines is 2. The van der Waals surface area contributed by atoms with Gasteiger partial charge >= 0.3 is 0 Å². The maximum atomic E-state index is 12.5. The van der Waals surface area contributed by atoms with E-state index in [1.54, 1.807) is 0 Å². The van der Waals surface area contributed by atoms with Gasteiger partial charge in [-0.25, -0.2) is 9.97 Å². The van der Waals surface area contributed by atoms with Crippen LogP contribution in [0.5, 0.6) is 0 Å². The molecule has 4 amide bonds. The molecule has 11 nitrogen and oxygen atoms in total. The summed E-state index contributed by atoms with van der Waals surface area (Å²) in [6.07, 6.45) is 7.95. The summed E-state index contributed by atoms with van der Waals surface area (Å²) in [4.78, 5) is 58.4. The number of rotatable bonds is 15. The third kappa shape index (κ3) is 7.72. The van der Waals surface area contributed by atoms with Gasteiger partial charge in [0, 0.05) is 62.1 Å². The van der Waals surface area contributed by atoms with E-state index in [-0.39, 0.29) is 36.6 Å². The van der Waals surface area contributed by atoms with E-state index in [4.69, 9.17) is 10.7 Å². The molecule has 0 saturated carbocycles. The van der Waals surface area contributed by atoms with E-state index < -0.39 is 0 Å². The Kier molecular flexibility index (Phi) is 10.2. The summed E-state index contributed by atoms with van der Waals surface area (Å²) >= 11 is 0. The molecule has 0 aliphatic carbocycles. The Morgan fingerprint density at radius 2 is 1.62 bits per heavy atom.